The van der Waals surface area contributed by atoms with E-state index < -0.39 is 0 Å². The smallest absolute Gasteiger partial charge is 0.146 e. The van der Waals surface area contributed by atoms with Crippen LogP contribution in [0.1, 0.15) is 43.8 Å². The van der Waals surface area contributed by atoms with E-state index in [2.05, 4.69) is 10.3 Å². The molecule has 2 nitrogen and oxygen atoms in total. The Kier molecular flexibility index (Phi) is 3.88. The van der Waals surface area contributed by atoms with Crippen molar-refractivity contribution in [3.63, 3.8) is 0 Å². The highest BCUT2D eigenvalue weighted by Crippen LogP contribution is 2.32. The maximum Gasteiger partial charge on any atom is 0.146 e. The largest absolute Gasteiger partial charge is 0.312 e. The summed E-state index contributed by atoms with van der Waals surface area (Å²) in [5.74, 6) is 0.540. The minimum atomic E-state index is -0.195. The molecule has 1 heterocycles. The van der Waals surface area contributed by atoms with E-state index in [-0.39, 0.29) is 11.9 Å². The summed E-state index contributed by atoms with van der Waals surface area (Å²) in [5.41, 5.74) is 0.567. The van der Waals surface area contributed by atoms with Crippen LogP contribution >= 0.6 is 0 Å². The molecule has 16 heavy (non-hydrogen) atoms. The Morgan fingerprint density at radius 2 is 2.25 bits per heavy atom. The summed E-state index contributed by atoms with van der Waals surface area (Å²) in [7, 11) is 1.88. The summed E-state index contributed by atoms with van der Waals surface area (Å²) in [6.45, 7) is 0. The summed E-state index contributed by atoms with van der Waals surface area (Å²) in [6.07, 6.45) is 7.89. The Labute approximate surface area is 96.3 Å². The highest BCUT2D eigenvalue weighted by atomic mass is 19.1. The van der Waals surface area contributed by atoms with E-state index in [1.807, 2.05) is 7.05 Å². The van der Waals surface area contributed by atoms with Gasteiger partial charge in [0.2, 0.25) is 0 Å². The molecule has 1 fully saturated rings. The van der Waals surface area contributed by atoms with Gasteiger partial charge in [-0.05, 0) is 31.5 Å². The van der Waals surface area contributed by atoms with E-state index in [1.54, 1.807) is 12.3 Å². The molecule has 1 aromatic heterocycles. The van der Waals surface area contributed by atoms with Crippen LogP contribution in [-0.2, 0) is 0 Å². The molecule has 0 bridgehead atoms. The van der Waals surface area contributed by atoms with Crippen molar-refractivity contribution in [1.29, 1.82) is 0 Å². The third-order valence-electron chi connectivity index (χ3n) is 3.51. The van der Waals surface area contributed by atoms with E-state index in [1.165, 1.54) is 31.7 Å². The lowest BCUT2D eigenvalue weighted by Crippen LogP contribution is -2.21. The van der Waals surface area contributed by atoms with Crippen molar-refractivity contribution in [2.24, 2.45) is 5.92 Å². The fourth-order valence-corrected chi connectivity index (χ4v) is 2.60. The second-order valence-corrected chi connectivity index (χ2v) is 4.60. The van der Waals surface area contributed by atoms with Gasteiger partial charge in [-0.2, -0.15) is 0 Å². The van der Waals surface area contributed by atoms with Crippen LogP contribution in [0, 0.1) is 11.7 Å². The Hall–Kier alpha value is -0.960. The normalized spacial score (nSPS) is 18.9. The highest BCUT2D eigenvalue weighted by molar-refractivity contribution is 5.11. The molecule has 1 atom stereocenters. The minimum absolute atomic E-state index is 0.0595. The van der Waals surface area contributed by atoms with Crippen LogP contribution in [0.25, 0.3) is 0 Å². The molecule has 1 unspecified atom stereocenters. The summed E-state index contributed by atoms with van der Waals surface area (Å²) >= 11 is 0. The van der Waals surface area contributed by atoms with Gasteiger partial charge in [0.25, 0.3) is 0 Å². The number of halogens is 1. The van der Waals surface area contributed by atoms with Crippen molar-refractivity contribution in [2.75, 3.05) is 7.05 Å². The van der Waals surface area contributed by atoms with Gasteiger partial charge < -0.3 is 5.32 Å². The molecule has 0 aromatic carbocycles. The Bertz CT molecular complexity index is 334. The van der Waals surface area contributed by atoms with E-state index in [0.29, 0.717) is 5.69 Å². The maximum absolute atomic E-state index is 13.6. The average molecular weight is 222 g/mol. The standard InChI is InChI=1S/C13H19FN2/c1-15-12(9-10-5-2-3-6-10)13-11(14)7-4-8-16-13/h4,7-8,10,12,15H,2-3,5-6,9H2,1H3. The van der Waals surface area contributed by atoms with Gasteiger partial charge in [0.15, 0.2) is 0 Å². The quantitative estimate of drug-likeness (QED) is 0.847. The zero-order valence-electron chi connectivity index (χ0n) is 9.75. The predicted molar refractivity (Wildman–Crippen MR) is 62.6 cm³/mol. The summed E-state index contributed by atoms with van der Waals surface area (Å²) < 4.78 is 13.6. The third-order valence-corrected chi connectivity index (χ3v) is 3.51. The molecule has 0 saturated heterocycles. The molecule has 88 valence electrons. The number of rotatable bonds is 4. The first-order chi connectivity index (χ1) is 7.81. The molecule has 1 N–H and O–H groups in total. The Balaban J connectivity index is 2.06. The number of aromatic nitrogens is 1. The molecule has 1 aromatic rings. The summed E-state index contributed by atoms with van der Waals surface area (Å²) in [4.78, 5) is 4.15. The van der Waals surface area contributed by atoms with Gasteiger partial charge in [-0.3, -0.25) is 4.98 Å². The van der Waals surface area contributed by atoms with Gasteiger partial charge >= 0.3 is 0 Å². The molecule has 0 aliphatic heterocycles. The maximum atomic E-state index is 13.6. The van der Waals surface area contributed by atoms with Crippen molar-refractivity contribution < 1.29 is 4.39 Å². The Morgan fingerprint density at radius 1 is 1.50 bits per heavy atom. The highest BCUT2D eigenvalue weighted by Gasteiger charge is 2.22. The van der Waals surface area contributed by atoms with Crippen LogP contribution in [0.4, 0.5) is 4.39 Å². The lowest BCUT2D eigenvalue weighted by atomic mass is 9.96. The van der Waals surface area contributed by atoms with Gasteiger partial charge in [0.05, 0.1) is 11.7 Å². The molecule has 2 rings (SSSR count). The zero-order chi connectivity index (χ0) is 11.4. The first-order valence-corrected chi connectivity index (χ1v) is 6.09. The number of pyridine rings is 1. The molecular weight excluding hydrogens is 203 g/mol. The van der Waals surface area contributed by atoms with Gasteiger partial charge in [0.1, 0.15) is 5.82 Å². The second kappa shape index (κ2) is 5.39. The van der Waals surface area contributed by atoms with Crippen molar-refractivity contribution in [3.05, 3.63) is 29.8 Å². The average Bonchev–Trinajstić information content (AvgIpc) is 2.80. The first kappa shape index (κ1) is 11.5. The summed E-state index contributed by atoms with van der Waals surface area (Å²) in [6, 6.07) is 3.19. The zero-order valence-corrected chi connectivity index (χ0v) is 9.75. The Morgan fingerprint density at radius 3 is 2.88 bits per heavy atom. The van der Waals surface area contributed by atoms with Crippen molar-refractivity contribution in [2.45, 2.75) is 38.1 Å². The van der Waals surface area contributed by atoms with E-state index in [4.69, 9.17) is 0 Å². The fourth-order valence-electron chi connectivity index (χ4n) is 2.60. The van der Waals surface area contributed by atoms with Crippen LogP contribution < -0.4 is 5.32 Å². The fraction of sp³-hybridized carbons (Fsp3) is 0.615. The molecular formula is C13H19FN2. The number of hydrogen-bond donors (Lipinski definition) is 1. The number of nitrogens with one attached hydrogen (secondary N) is 1. The number of hydrogen-bond acceptors (Lipinski definition) is 2. The molecule has 0 amide bonds. The number of nitrogens with zero attached hydrogens (tertiary/aromatic N) is 1. The molecule has 0 spiro atoms. The molecule has 3 heteroatoms. The second-order valence-electron chi connectivity index (χ2n) is 4.60. The van der Waals surface area contributed by atoms with E-state index >= 15 is 0 Å². The van der Waals surface area contributed by atoms with Crippen LogP contribution in [0.5, 0.6) is 0 Å². The third kappa shape index (κ3) is 2.59. The molecule has 0 radical (unpaired) electrons. The lowest BCUT2D eigenvalue weighted by Gasteiger charge is -2.19. The minimum Gasteiger partial charge on any atom is -0.312 e. The van der Waals surface area contributed by atoms with Crippen molar-refractivity contribution >= 4 is 0 Å². The topological polar surface area (TPSA) is 24.9 Å². The van der Waals surface area contributed by atoms with Gasteiger partial charge in [0, 0.05) is 6.20 Å². The predicted octanol–water partition coefficient (Wildman–Crippen LogP) is 3.06. The van der Waals surface area contributed by atoms with Crippen molar-refractivity contribution in [3.8, 4) is 0 Å². The van der Waals surface area contributed by atoms with Crippen LogP contribution in [0.3, 0.4) is 0 Å². The van der Waals surface area contributed by atoms with Crippen molar-refractivity contribution in [1.82, 2.24) is 10.3 Å². The van der Waals surface area contributed by atoms with Gasteiger partial charge in [-0.15, -0.1) is 0 Å². The monoisotopic (exact) mass is 222 g/mol. The van der Waals surface area contributed by atoms with Crippen LogP contribution in [0.15, 0.2) is 18.3 Å². The molecule has 1 saturated carbocycles. The van der Waals surface area contributed by atoms with Gasteiger partial charge in [-0.25, -0.2) is 4.39 Å². The SMILES string of the molecule is CNC(CC1CCCC1)c1ncccc1F. The van der Waals surface area contributed by atoms with Crippen LogP contribution in [0.2, 0.25) is 0 Å². The molecule has 1 aliphatic rings. The molecule has 1 aliphatic carbocycles. The lowest BCUT2D eigenvalue weighted by molar-refractivity contribution is 0.395. The van der Waals surface area contributed by atoms with E-state index in [9.17, 15) is 4.39 Å². The van der Waals surface area contributed by atoms with Gasteiger partial charge in [-0.1, -0.05) is 25.7 Å². The summed E-state index contributed by atoms with van der Waals surface area (Å²) in [5, 5.41) is 3.18. The first-order valence-electron chi connectivity index (χ1n) is 6.09. The van der Waals surface area contributed by atoms with Crippen LogP contribution in [-0.4, -0.2) is 12.0 Å². The van der Waals surface area contributed by atoms with E-state index in [0.717, 1.165) is 12.3 Å².